The minimum Gasteiger partial charge on any atom is -0.474 e. The number of aromatic nitrogens is 2. The second-order valence-electron chi connectivity index (χ2n) is 5.26. The number of nitrogen functional groups attached to an aromatic ring is 1. The van der Waals surface area contributed by atoms with Gasteiger partial charge >= 0.3 is 0 Å². The van der Waals surface area contributed by atoms with Crippen molar-refractivity contribution in [3.8, 4) is 5.88 Å². The summed E-state index contributed by atoms with van der Waals surface area (Å²) < 4.78 is 5.89. The van der Waals surface area contributed by atoms with E-state index < -0.39 is 0 Å². The molecular weight excluding hydrogens is 226 g/mol. The number of nitrogens with zero attached hydrogens (tertiary/aromatic N) is 2. The van der Waals surface area contributed by atoms with Crippen LogP contribution < -0.4 is 10.5 Å². The Morgan fingerprint density at radius 3 is 2.44 bits per heavy atom. The summed E-state index contributed by atoms with van der Waals surface area (Å²) in [5.74, 6) is 2.54. The van der Waals surface area contributed by atoms with Crippen LogP contribution in [0.25, 0.3) is 0 Å². The number of rotatable bonds is 6. The average molecular weight is 251 g/mol. The van der Waals surface area contributed by atoms with Crippen LogP contribution in [0.4, 0.5) is 5.82 Å². The molecule has 2 N–H and O–H groups in total. The Kier molecular flexibility index (Phi) is 5.38. The first-order valence-electron chi connectivity index (χ1n) is 6.73. The van der Waals surface area contributed by atoms with Crippen LogP contribution in [0.15, 0.2) is 0 Å². The first-order valence-corrected chi connectivity index (χ1v) is 6.73. The van der Waals surface area contributed by atoms with Crippen molar-refractivity contribution >= 4 is 5.82 Å². The lowest BCUT2D eigenvalue weighted by molar-refractivity contribution is 0.183. The molecule has 1 rings (SSSR count). The maximum Gasteiger partial charge on any atom is 0.222 e. The number of hydrogen-bond donors (Lipinski definition) is 1. The molecule has 18 heavy (non-hydrogen) atoms. The van der Waals surface area contributed by atoms with Gasteiger partial charge in [-0.15, -0.1) is 0 Å². The van der Waals surface area contributed by atoms with Gasteiger partial charge in [-0.2, -0.15) is 4.98 Å². The lowest BCUT2D eigenvalue weighted by Crippen LogP contribution is -2.17. The Hall–Kier alpha value is -1.32. The van der Waals surface area contributed by atoms with Crippen molar-refractivity contribution in [3.63, 3.8) is 0 Å². The van der Waals surface area contributed by atoms with E-state index >= 15 is 0 Å². The van der Waals surface area contributed by atoms with Gasteiger partial charge in [-0.25, -0.2) is 4.98 Å². The molecule has 4 heteroatoms. The molecule has 0 radical (unpaired) electrons. The maximum atomic E-state index is 5.90. The number of aryl methyl sites for hydroxylation is 1. The molecule has 4 nitrogen and oxygen atoms in total. The lowest BCUT2D eigenvalue weighted by atomic mass is 10.1. The summed E-state index contributed by atoms with van der Waals surface area (Å²) in [6.45, 7) is 10.4. The minimum absolute atomic E-state index is 0.146. The van der Waals surface area contributed by atoms with Gasteiger partial charge in [-0.3, -0.25) is 0 Å². The maximum absolute atomic E-state index is 5.90. The van der Waals surface area contributed by atoms with E-state index in [2.05, 4.69) is 37.7 Å². The highest BCUT2D eigenvalue weighted by atomic mass is 16.5. The number of nitrogens with two attached hydrogens (primary N) is 1. The molecule has 102 valence electrons. The van der Waals surface area contributed by atoms with Gasteiger partial charge in [0.2, 0.25) is 5.88 Å². The van der Waals surface area contributed by atoms with Gasteiger partial charge < -0.3 is 10.5 Å². The van der Waals surface area contributed by atoms with Gasteiger partial charge in [0.15, 0.2) is 0 Å². The van der Waals surface area contributed by atoms with Crippen LogP contribution in [-0.4, -0.2) is 16.1 Å². The molecule has 0 aliphatic carbocycles. The summed E-state index contributed by atoms with van der Waals surface area (Å²) in [5.41, 5.74) is 6.74. The van der Waals surface area contributed by atoms with Crippen LogP contribution >= 0.6 is 0 Å². The minimum atomic E-state index is 0.146. The molecule has 0 aliphatic rings. The zero-order chi connectivity index (χ0) is 13.7. The van der Waals surface area contributed by atoms with E-state index in [9.17, 15) is 0 Å². The van der Waals surface area contributed by atoms with E-state index in [0.717, 1.165) is 30.7 Å². The van der Waals surface area contributed by atoms with Gasteiger partial charge in [0, 0.05) is 6.42 Å². The summed E-state index contributed by atoms with van der Waals surface area (Å²) >= 11 is 0. The predicted octanol–water partition coefficient (Wildman–Crippen LogP) is 3.13. The molecule has 1 aromatic rings. The fraction of sp³-hybridized carbons (Fsp3) is 0.714. The third-order valence-electron chi connectivity index (χ3n) is 2.77. The second-order valence-corrected chi connectivity index (χ2v) is 5.26. The van der Waals surface area contributed by atoms with E-state index in [1.54, 1.807) is 0 Å². The van der Waals surface area contributed by atoms with Crippen molar-refractivity contribution in [3.05, 3.63) is 11.4 Å². The number of hydrogen-bond acceptors (Lipinski definition) is 4. The van der Waals surface area contributed by atoms with Crippen molar-refractivity contribution in [1.29, 1.82) is 0 Å². The quantitative estimate of drug-likeness (QED) is 0.843. The van der Waals surface area contributed by atoms with Crippen molar-refractivity contribution in [1.82, 2.24) is 9.97 Å². The van der Waals surface area contributed by atoms with Crippen molar-refractivity contribution in [2.75, 3.05) is 5.73 Å². The molecule has 1 atom stereocenters. The molecule has 0 bridgehead atoms. The monoisotopic (exact) mass is 251 g/mol. The molecule has 0 saturated heterocycles. The zero-order valence-electron chi connectivity index (χ0n) is 12.2. The lowest BCUT2D eigenvalue weighted by Gasteiger charge is -2.18. The third kappa shape index (κ3) is 4.17. The highest BCUT2D eigenvalue weighted by molar-refractivity contribution is 5.44. The van der Waals surface area contributed by atoms with Gasteiger partial charge in [-0.1, -0.05) is 20.8 Å². The van der Waals surface area contributed by atoms with E-state index in [4.69, 9.17) is 10.5 Å². The van der Waals surface area contributed by atoms with E-state index in [-0.39, 0.29) is 6.10 Å². The van der Waals surface area contributed by atoms with Crippen LogP contribution in [0.2, 0.25) is 0 Å². The standard InChI is InChI=1S/C14H25N3O/c1-6-7-12-16-13(15)11(5)14(17-12)18-10(4)8-9(2)3/h9-10H,6-8H2,1-5H3,(H2,15,16,17). The molecule has 1 aromatic heterocycles. The fourth-order valence-corrected chi connectivity index (χ4v) is 1.91. The van der Waals surface area contributed by atoms with Crippen LogP contribution in [0.1, 0.15) is 51.9 Å². The van der Waals surface area contributed by atoms with Crippen LogP contribution in [0.3, 0.4) is 0 Å². The van der Waals surface area contributed by atoms with Gasteiger partial charge in [-0.05, 0) is 32.6 Å². The summed E-state index contributed by atoms with van der Waals surface area (Å²) in [4.78, 5) is 8.73. The van der Waals surface area contributed by atoms with Crippen LogP contribution in [0, 0.1) is 12.8 Å². The zero-order valence-corrected chi connectivity index (χ0v) is 12.2. The molecule has 0 amide bonds. The molecule has 1 unspecified atom stereocenters. The van der Waals surface area contributed by atoms with E-state index in [1.807, 2.05) is 6.92 Å². The average Bonchev–Trinajstić information content (AvgIpc) is 2.24. The van der Waals surface area contributed by atoms with Gasteiger partial charge in [0.25, 0.3) is 0 Å². The molecule has 0 spiro atoms. The van der Waals surface area contributed by atoms with Crippen LogP contribution in [-0.2, 0) is 6.42 Å². The SMILES string of the molecule is CCCc1nc(N)c(C)c(OC(C)CC(C)C)n1. The van der Waals surface area contributed by atoms with Crippen molar-refractivity contribution < 1.29 is 4.74 Å². The van der Waals surface area contributed by atoms with E-state index in [0.29, 0.717) is 17.6 Å². The Bertz CT molecular complexity index is 391. The largest absolute Gasteiger partial charge is 0.474 e. The third-order valence-corrected chi connectivity index (χ3v) is 2.77. The topological polar surface area (TPSA) is 61.0 Å². The molecule has 1 heterocycles. The van der Waals surface area contributed by atoms with Crippen LogP contribution in [0.5, 0.6) is 5.88 Å². The highest BCUT2D eigenvalue weighted by Gasteiger charge is 2.13. The smallest absolute Gasteiger partial charge is 0.222 e. The van der Waals surface area contributed by atoms with Crippen molar-refractivity contribution in [2.45, 2.75) is 60.0 Å². The Morgan fingerprint density at radius 1 is 1.22 bits per heavy atom. The van der Waals surface area contributed by atoms with Gasteiger partial charge in [0.1, 0.15) is 11.6 Å². The Labute approximate surface area is 110 Å². The Morgan fingerprint density at radius 2 is 1.89 bits per heavy atom. The molecule has 0 saturated carbocycles. The summed E-state index contributed by atoms with van der Waals surface area (Å²) in [6.07, 6.45) is 2.99. The van der Waals surface area contributed by atoms with E-state index in [1.165, 1.54) is 0 Å². The second kappa shape index (κ2) is 6.57. The first kappa shape index (κ1) is 14.7. The molecule has 0 aromatic carbocycles. The summed E-state index contributed by atoms with van der Waals surface area (Å²) in [6, 6.07) is 0. The number of ether oxygens (including phenoxy) is 1. The Balaban J connectivity index is 2.86. The first-order chi connectivity index (χ1) is 8.43. The van der Waals surface area contributed by atoms with Crippen molar-refractivity contribution in [2.24, 2.45) is 5.92 Å². The fourth-order valence-electron chi connectivity index (χ4n) is 1.91. The highest BCUT2D eigenvalue weighted by Crippen LogP contribution is 2.22. The number of anilines is 1. The predicted molar refractivity (Wildman–Crippen MR) is 74.7 cm³/mol. The molecule has 0 fully saturated rings. The molecular formula is C14H25N3O. The normalized spacial score (nSPS) is 12.8. The van der Waals surface area contributed by atoms with Gasteiger partial charge in [0.05, 0.1) is 11.7 Å². The summed E-state index contributed by atoms with van der Waals surface area (Å²) in [7, 11) is 0. The summed E-state index contributed by atoms with van der Waals surface area (Å²) in [5, 5.41) is 0. The molecule has 0 aliphatic heterocycles.